The molecular formula is C22H26N4O6. The maximum atomic E-state index is 12.5. The third-order valence-corrected chi connectivity index (χ3v) is 4.63. The minimum absolute atomic E-state index is 0.0529. The largest absolute Gasteiger partial charge is 0.452 e. The molecule has 0 spiro atoms. The van der Waals surface area contributed by atoms with Gasteiger partial charge in [0, 0.05) is 25.3 Å². The predicted molar refractivity (Wildman–Crippen MR) is 120 cm³/mol. The Labute approximate surface area is 185 Å². The second kappa shape index (κ2) is 11.4. The van der Waals surface area contributed by atoms with Crippen molar-refractivity contribution >= 4 is 34.8 Å². The summed E-state index contributed by atoms with van der Waals surface area (Å²) in [6.45, 7) is 3.24. The first-order valence-electron chi connectivity index (χ1n) is 10.0. The van der Waals surface area contributed by atoms with Crippen LogP contribution in [-0.2, 0) is 14.3 Å². The number of nitrogens with zero attached hydrogens (tertiary/aromatic N) is 2. The van der Waals surface area contributed by atoms with E-state index in [0.29, 0.717) is 18.7 Å². The van der Waals surface area contributed by atoms with E-state index in [1.165, 1.54) is 24.1 Å². The summed E-state index contributed by atoms with van der Waals surface area (Å²) >= 11 is 0. The van der Waals surface area contributed by atoms with Gasteiger partial charge in [0.25, 0.3) is 11.6 Å². The summed E-state index contributed by atoms with van der Waals surface area (Å²) in [6, 6.07) is 11.1. The van der Waals surface area contributed by atoms with Gasteiger partial charge in [-0.3, -0.25) is 19.7 Å². The van der Waals surface area contributed by atoms with Crippen LogP contribution >= 0.6 is 0 Å². The molecule has 10 nitrogen and oxygen atoms in total. The monoisotopic (exact) mass is 442 g/mol. The number of rotatable bonds is 10. The van der Waals surface area contributed by atoms with Crippen molar-refractivity contribution in [1.29, 1.82) is 0 Å². The zero-order chi connectivity index (χ0) is 23.7. The van der Waals surface area contributed by atoms with E-state index in [1.807, 2.05) is 26.0 Å². The first-order valence-corrected chi connectivity index (χ1v) is 10.0. The molecule has 10 heteroatoms. The lowest BCUT2D eigenvalue weighted by atomic mass is 10.1. The fourth-order valence-electron chi connectivity index (χ4n) is 2.96. The Morgan fingerprint density at radius 2 is 1.84 bits per heavy atom. The minimum atomic E-state index is -0.870. The number of hydrogen-bond acceptors (Lipinski definition) is 7. The highest BCUT2D eigenvalue weighted by Gasteiger charge is 2.21. The fraction of sp³-hybridized carbons (Fsp3) is 0.318. The Hall–Kier alpha value is -3.95. The fourth-order valence-corrected chi connectivity index (χ4v) is 2.96. The summed E-state index contributed by atoms with van der Waals surface area (Å²) in [4.78, 5) is 49.1. The van der Waals surface area contributed by atoms with Crippen LogP contribution in [0.25, 0.3) is 0 Å². The SMILES string of the molecule is CCCN(CC(=O)Nc1ccccc1C)C(=O)COC(=O)c1ccc(NC)c([N+](=O)[O-])c1. The third kappa shape index (κ3) is 6.53. The molecule has 2 aromatic rings. The van der Waals surface area contributed by atoms with E-state index in [9.17, 15) is 24.5 Å². The van der Waals surface area contributed by atoms with Crippen LogP contribution in [0.3, 0.4) is 0 Å². The highest BCUT2D eigenvalue weighted by atomic mass is 16.6. The molecular weight excluding hydrogens is 416 g/mol. The van der Waals surface area contributed by atoms with Gasteiger partial charge >= 0.3 is 5.97 Å². The predicted octanol–water partition coefficient (Wildman–Crippen LogP) is 2.98. The summed E-state index contributed by atoms with van der Waals surface area (Å²) < 4.78 is 5.04. The highest BCUT2D eigenvalue weighted by Crippen LogP contribution is 2.25. The third-order valence-electron chi connectivity index (χ3n) is 4.63. The van der Waals surface area contributed by atoms with E-state index in [2.05, 4.69) is 10.6 Å². The molecule has 0 saturated heterocycles. The number of aryl methyl sites for hydroxylation is 1. The normalized spacial score (nSPS) is 10.2. The van der Waals surface area contributed by atoms with Crippen LogP contribution in [0.5, 0.6) is 0 Å². The Kier molecular flexibility index (Phi) is 8.70. The number of nitro benzene ring substituents is 1. The number of carbonyl (C=O) groups is 3. The number of anilines is 2. The number of esters is 1. The molecule has 0 unspecified atom stereocenters. The van der Waals surface area contributed by atoms with Crippen LogP contribution < -0.4 is 10.6 Å². The zero-order valence-corrected chi connectivity index (χ0v) is 18.2. The second-order valence-electron chi connectivity index (χ2n) is 6.99. The van der Waals surface area contributed by atoms with Gasteiger partial charge in [-0.25, -0.2) is 4.79 Å². The van der Waals surface area contributed by atoms with Crippen molar-refractivity contribution in [2.45, 2.75) is 20.3 Å². The van der Waals surface area contributed by atoms with Crippen LogP contribution in [0.2, 0.25) is 0 Å². The van der Waals surface area contributed by atoms with Crippen LogP contribution in [0.15, 0.2) is 42.5 Å². The van der Waals surface area contributed by atoms with E-state index in [0.717, 1.165) is 11.6 Å². The lowest BCUT2D eigenvalue weighted by molar-refractivity contribution is -0.384. The smallest absolute Gasteiger partial charge is 0.338 e. The number of para-hydroxylation sites is 1. The van der Waals surface area contributed by atoms with Crippen molar-refractivity contribution in [3.8, 4) is 0 Å². The van der Waals surface area contributed by atoms with E-state index in [-0.39, 0.29) is 29.4 Å². The standard InChI is InChI=1S/C22H26N4O6/c1-4-11-25(13-20(27)24-17-8-6-5-7-15(17)2)21(28)14-32-22(29)16-9-10-18(23-3)19(12-16)26(30)31/h5-10,12,23H,4,11,13-14H2,1-3H3,(H,24,27). The number of carbonyl (C=O) groups excluding carboxylic acids is 3. The average Bonchev–Trinajstić information content (AvgIpc) is 2.77. The number of nitro groups is 1. The molecule has 0 aliphatic heterocycles. The molecule has 0 heterocycles. The van der Waals surface area contributed by atoms with E-state index in [4.69, 9.17) is 4.74 Å². The number of benzene rings is 2. The molecule has 0 aliphatic rings. The molecule has 0 saturated carbocycles. The van der Waals surface area contributed by atoms with Gasteiger partial charge in [0.05, 0.1) is 17.0 Å². The summed E-state index contributed by atoms with van der Waals surface area (Å²) in [5, 5.41) is 16.6. The number of ether oxygens (including phenoxy) is 1. The van der Waals surface area contributed by atoms with Crippen LogP contribution in [-0.4, -0.2) is 54.4 Å². The Bertz CT molecular complexity index is 1010. The molecule has 0 atom stereocenters. The van der Waals surface area contributed by atoms with Crippen molar-refractivity contribution in [3.05, 3.63) is 63.7 Å². The van der Waals surface area contributed by atoms with Crippen molar-refractivity contribution in [3.63, 3.8) is 0 Å². The Morgan fingerprint density at radius 1 is 1.12 bits per heavy atom. The average molecular weight is 442 g/mol. The van der Waals surface area contributed by atoms with Gasteiger partial charge in [0.1, 0.15) is 5.69 Å². The molecule has 170 valence electrons. The van der Waals surface area contributed by atoms with Crippen molar-refractivity contribution in [2.24, 2.45) is 0 Å². The Balaban J connectivity index is 1.99. The van der Waals surface area contributed by atoms with Gasteiger partial charge < -0.3 is 20.3 Å². The highest BCUT2D eigenvalue weighted by molar-refractivity contribution is 5.96. The van der Waals surface area contributed by atoms with Crippen molar-refractivity contribution in [2.75, 3.05) is 37.4 Å². The lowest BCUT2D eigenvalue weighted by Crippen LogP contribution is -2.40. The van der Waals surface area contributed by atoms with Crippen LogP contribution in [0.4, 0.5) is 17.1 Å². The molecule has 32 heavy (non-hydrogen) atoms. The number of hydrogen-bond donors (Lipinski definition) is 2. The first kappa shape index (κ1) is 24.3. The van der Waals surface area contributed by atoms with Crippen LogP contribution in [0, 0.1) is 17.0 Å². The van der Waals surface area contributed by atoms with Crippen molar-refractivity contribution < 1.29 is 24.0 Å². The molecule has 2 N–H and O–H groups in total. The van der Waals surface area contributed by atoms with E-state index < -0.39 is 23.4 Å². The molecule has 0 aliphatic carbocycles. The molecule has 0 radical (unpaired) electrons. The molecule has 2 amide bonds. The molecule has 0 bridgehead atoms. The van der Waals surface area contributed by atoms with Gasteiger partial charge in [-0.2, -0.15) is 0 Å². The van der Waals surface area contributed by atoms with Gasteiger partial charge in [0.15, 0.2) is 6.61 Å². The van der Waals surface area contributed by atoms with Crippen LogP contribution in [0.1, 0.15) is 29.3 Å². The molecule has 2 rings (SSSR count). The summed E-state index contributed by atoms with van der Waals surface area (Å²) in [5.41, 5.74) is 1.45. The zero-order valence-electron chi connectivity index (χ0n) is 18.2. The molecule has 0 aromatic heterocycles. The molecule has 2 aromatic carbocycles. The second-order valence-corrected chi connectivity index (χ2v) is 6.99. The summed E-state index contributed by atoms with van der Waals surface area (Å²) in [7, 11) is 1.52. The maximum Gasteiger partial charge on any atom is 0.338 e. The van der Waals surface area contributed by atoms with E-state index >= 15 is 0 Å². The van der Waals surface area contributed by atoms with Gasteiger partial charge in [0.2, 0.25) is 5.91 Å². The van der Waals surface area contributed by atoms with Crippen molar-refractivity contribution in [1.82, 2.24) is 4.90 Å². The quantitative estimate of drug-likeness (QED) is 0.328. The van der Waals surface area contributed by atoms with E-state index in [1.54, 1.807) is 12.1 Å². The van der Waals surface area contributed by atoms with Gasteiger partial charge in [-0.15, -0.1) is 0 Å². The maximum absolute atomic E-state index is 12.5. The van der Waals surface area contributed by atoms with Gasteiger partial charge in [-0.1, -0.05) is 25.1 Å². The van der Waals surface area contributed by atoms with Gasteiger partial charge in [-0.05, 0) is 37.1 Å². The topological polar surface area (TPSA) is 131 Å². The Morgan fingerprint density at radius 3 is 2.47 bits per heavy atom. The summed E-state index contributed by atoms with van der Waals surface area (Å²) in [5.74, 6) is -1.78. The number of amides is 2. The minimum Gasteiger partial charge on any atom is -0.452 e. The summed E-state index contributed by atoms with van der Waals surface area (Å²) in [6.07, 6.45) is 0.606. The lowest BCUT2D eigenvalue weighted by Gasteiger charge is -2.21. The molecule has 0 fully saturated rings. The first-order chi connectivity index (χ1) is 15.3. The number of nitrogens with one attached hydrogen (secondary N) is 2.